The summed E-state index contributed by atoms with van der Waals surface area (Å²) in [6.45, 7) is 7.15. The number of piperazine rings is 1. The van der Waals surface area contributed by atoms with E-state index in [2.05, 4.69) is 32.1 Å². The Labute approximate surface area is 234 Å². The molecule has 1 aliphatic heterocycles. The van der Waals surface area contributed by atoms with E-state index in [1.165, 1.54) is 25.6 Å². The Bertz CT molecular complexity index is 1250. The van der Waals surface area contributed by atoms with Crippen LogP contribution in [0.15, 0.2) is 36.7 Å². The number of rotatable bonds is 13. The van der Waals surface area contributed by atoms with Crippen molar-refractivity contribution >= 4 is 11.6 Å². The van der Waals surface area contributed by atoms with Crippen LogP contribution < -0.4 is 24.3 Å². The van der Waals surface area contributed by atoms with E-state index in [1.54, 1.807) is 7.11 Å². The molecule has 2 heterocycles. The third-order valence-corrected chi connectivity index (χ3v) is 6.76. The second-order valence-corrected chi connectivity index (χ2v) is 9.61. The van der Waals surface area contributed by atoms with Crippen molar-refractivity contribution in [2.24, 2.45) is 0 Å². The number of ether oxygens (including phenoxy) is 4. The molecule has 0 spiro atoms. The topological polar surface area (TPSA) is 81.2 Å². The number of halogens is 2. The van der Waals surface area contributed by atoms with Crippen molar-refractivity contribution in [1.82, 2.24) is 19.8 Å². The number of hydrogen-bond acceptors (Lipinski definition) is 9. The zero-order chi connectivity index (χ0) is 28.5. The van der Waals surface area contributed by atoms with Gasteiger partial charge in [0.1, 0.15) is 19.0 Å². The summed E-state index contributed by atoms with van der Waals surface area (Å²) in [6.07, 6.45) is 4.06. The predicted octanol–water partition coefficient (Wildman–Crippen LogP) is 4.67. The van der Waals surface area contributed by atoms with Crippen LogP contribution in [0.25, 0.3) is 0 Å². The highest BCUT2D eigenvalue weighted by Gasteiger charge is 2.20. The summed E-state index contributed by atoms with van der Waals surface area (Å²) < 4.78 is 51.8. The highest BCUT2D eigenvalue weighted by molar-refractivity contribution is 5.59. The molecule has 4 rings (SSSR count). The standard InChI is InChI=1S/C29H37F2N5O4/c1-5-6-20-15-26(38-4)28(31)23(27(20)30)19-40-22-17-32-29(33-18-22)34-21-7-8-24(37-3)25(16-21)39-14-13-36-11-9-35(2)10-12-36/h7-8,15-18H,5-6,9-14,19H2,1-4H3,(H,32,33,34). The van der Waals surface area contributed by atoms with Gasteiger partial charge in [-0.1, -0.05) is 13.3 Å². The van der Waals surface area contributed by atoms with E-state index < -0.39 is 11.6 Å². The molecule has 1 N–H and O–H groups in total. The van der Waals surface area contributed by atoms with Crippen LogP contribution in [0.2, 0.25) is 0 Å². The third kappa shape index (κ3) is 7.48. The van der Waals surface area contributed by atoms with Gasteiger partial charge in [-0.2, -0.15) is 0 Å². The van der Waals surface area contributed by atoms with E-state index in [1.807, 2.05) is 25.1 Å². The molecule has 0 bridgehead atoms. The lowest BCUT2D eigenvalue weighted by molar-refractivity contribution is 0.133. The van der Waals surface area contributed by atoms with Crippen LogP contribution in [0.1, 0.15) is 24.5 Å². The van der Waals surface area contributed by atoms with Crippen LogP contribution in [0, 0.1) is 11.6 Å². The van der Waals surface area contributed by atoms with Crippen molar-refractivity contribution in [1.29, 1.82) is 0 Å². The molecule has 216 valence electrons. The van der Waals surface area contributed by atoms with Gasteiger partial charge in [0.05, 0.1) is 32.2 Å². The lowest BCUT2D eigenvalue weighted by Crippen LogP contribution is -2.45. The highest BCUT2D eigenvalue weighted by atomic mass is 19.1. The van der Waals surface area contributed by atoms with Crippen LogP contribution in [0.4, 0.5) is 20.4 Å². The number of aromatic nitrogens is 2. The first-order valence-corrected chi connectivity index (χ1v) is 13.4. The molecule has 1 saturated heterocycles. The van der Waals surface area contributed by atoms with Gasteiger partial charge in [0, 0.05) is 44.5 Å². The van der Waals surface area contributed by atoms with Gasteiger partial charge in [-0.25, -0.2) is 18.7 Å². The number of likely N-dealkylation sites (N-methyl/N-ethyl adjacent to an activating group) is 1. The molecule has 0 radical (unpaired) electrons. The van der Waals surface area contributed by atoms with Crippen molar-refractivity contribution < 1.29 is 27.7 Å². The number of hydrogen-bond donors (Lipinski definition) is 1. The Morgan fingerprint density at radius 1 is 0.900 bits per heavy atom. The molecule has 0 atom stereocenters. The monoisotopic (exact) mass is 557 g/mol. The lowest BCUT2D eigenvalue weighted by atomic mass is 10.0. The largest absolute Gasteiger partial charge is 0.494 e. The number of nitrogens with zero attached hydrogens (tertiary/aromatic N) is 4. The first-order valence-electron chi connectivity index (χ1n) is 13.4. The van der Waals surface area contributed by atoms with Gasteiger partial charge in [-0.05, 0) is 37.2 Å². The molecule has 0 amide bonds. The molecule has 1 aliphatic rings. The fourth-order valence-corrected chi connectivity index (χ4v) is 4.41. The van der Waals surface area contributed by atoms with Crippen molar-refractivity contribution in [2.75, 3.05) is 65.9 Å². The number of nitrogens with one attached hydrogen (secondary N) is 1. The Morgan fingerprint density at radius 2 is 1.62 bits per heavy atom. The fourth-order valence-electron chi connectivity index (χ4n) is 4.41. The molecule has 0 aliphatic carbocycles. The second-order valence-electron chi connectivity index (χ2n) is 9.61. The molecule has 0 saturated carbocycles. The third-order valence-electron chi connectivity index (χ3n) is 6.76. The van der Waals surface area contributed by atoms with Gasteiger partial charge in [-0.15, -0.1) is 0 Å². The number of aryl methyl sites for hydroxylation is 1. The lowest BCUT2D eigenvalue weighted by Gasteiger charge is -2.32. The summed E-state index contributed by atoms with van der Waals surface area (Å²) in [4.78, 5) is 13.2. The minimum absolute atomic E-state index is 0.0126. The summed E-state index contributed by atoms with van der Waals surface area (Å²) >= 11 is 0. The van der Waals surface area contributed by atoms with Crippen LogP contribution in [0.3, 0.4) is 0 Å². The van der Waals surface area contributed by atoms with E-state index in [0.717, 1.165) is 32.7 Å². The fraction of sp³-hybridized carbons (Fsp3) is 0.448. The van der Waals surface area contributed by atoms with Crippen molar-refractivity contribution in [3.63, 3.8) is 0 Å². The van der Waals surface area contributed by atoms with Gasteiger partial charge < -0.3 is 29.2 Å². The summed E-state index contributed by atoms with van der Waals surface area (Å²) in [6, 6.07) is 6.88. The molecule has 40 heavy (non-hydrogen) atoms. The van der Waals surface area contributed by atoms with Gasteiger partial charge >= 0.3 is 0 Å². The first kappa shape index (κ1) is 29.3. The van der Waals surface area contributed by atoms with E-state index in [0.29, 0.717) is 48.1 Å². The molecule has 9 nitrogen and oxygen atoms in total. The SMILES string of the molecule is CCCc1cc(OC)c(F)c(COc2cnc(Nc3ccc(OC)c(OCCN4CCN(C)CC4)c3)nc2)c1F. The maximum Gasteiger partial charge on any atom is 0.227 e. The maximum absolute atomic E-state index is 14.9. The van der Waals surface area contributed by atoms with Gasteiger partial charge in [0.15, 0.2) is 28.8 Å². The zero-order valence-electron chi connectivity index (χ0n) is 23.5. The molecule has 11 heteroatoms. The molecule has 1 aromatic heterocycles. The zero-order valence-corrected chi connectivity index (χ0v) is 23.5. The maximum atomic E-state index is 14.9. The smallest absolute Gasteiger partial charge is 0.227 e. The molecular formula is C29H37F2N5O4. The summed E-state index contributed by atoms with van der Waals surface area (Å²) in [7, 11) is 5.09. The normalized spacial score (nSPS) is 14.2. The highest BCUT2D eigenvalue weighted by Crippen LogP contribution is 2.32. The molecule has 0 unspecified atom stereocenters. The van der Waals surface area contributed by atoms with E-state index in [4.69, 9.17) is 18.9 Å². The molecular weight excluding hydrogens is 520 g/mol. The summed E-state index contributed by atoms with van der Waals surface area (Å²) in [5.41, 5.74) is 0.911. The molecule has 1 fully saturated rings. The van der Waals surface area contributed by atoms with Crippen molar-refractivity contribution in [3.05, 3.63) is 59.4 Å². The predicted molar refractivity (Wildman–Crippen MR) is 149 cm³/mol. The summed E-state index contributed by atoms with van der Waals surface area (Å²) in [5, 5.41) is 3.13. The number of benzene rings is 2. The average Bonchev–Trinajstić information content (AvgIpc) is 2.96. The average molecular weight is 558 g/mol. The minimum Gasteiger partial charge on any atom is -0.494 e. The number of methoxy groups -OCH3 is 2. The van der Waals surface area contributed by atoms with Gasteiger partial charge in [0.2, 0.25) is 5.95 Å². The van der Waals surface area contributed by atoms with Crippen LogP contribution >= 0.6 is 0 Å². The van der Waals surface area contributed by atoms with Gasteiger partial charge in [-0.3, -0.25) is 4.90 Å². The Hall–Kier alpha value is -3.70. The van der Waals surface area contributed by atoms with Crippen LogP contribution in [0.5, 0.6) is 23.0 Å². The van der Waals surface area contributed by atoms with Crippen LogP contribution in [-0.2, 0) is 13.0 Å². The Balaban J connectivity index is 1.36. The van der Waals surface area contributed by atoms with E-state index in [-0.39, 0.29) is 23.7 Å². The Morgan fingerprint density at radius 3 is 2.30 bits per heavy atom. The quantitative estimate of drug-likeness (QED) is 0.322. The van der Waals surface area contributed by atoms with Crippen molar-refractivity contribution in [3.8, 4) is 23.0 Å². The van der Waals surface area contributed by atoms with Gasteiger partial charge in [0.25, 0.3) is 0 Å². The van der Waals surface area contributed by atoms with Crippen molar-refractivity contribution in [2.45, 2.75) is 26.4 Å². The second kappa shape index (κ2) is 14.1. The number of anilines is 2. The Kier molecular flexibility index (Phi) is 10.3. The molecule has 3 aromatic rings. The minimum atomic E-state index is -0.778. The summed E-state index contributed by atoms with van der Waals surface area (Å²) in [5.74, 6) is 0.428. The van der Waals surface area contributed by atoms with E-state index in [9.17, 15) is 8.78 Å². The van der Waals surface area contributed by atoms with Crippen LogP contribution in [-0.4, -0.2) is 80.4 Å². The molecule has 2 aromatic carbocycles. The first-order chi connectivity index (χ1) is 19.4. The van der Waals surface area contributed by atoms with E-state index >= 15 is 0 Å².